The summed E-state index contributed by atoms with van der Waals surface area (Å²) in [6.45, 7) is 0.578. The Kier molecular flexibility index (Phi) is 4.93. The summed E-state index contributed by atoms with van der Waals surface area (Å²) in [6.07, 6.45) is 3.02. The lowest BCUT2D eigenvalue weighted by molar-refractivity contribution is 0.0952. The van der Waals surface area contributed by atoms with Crippen LogP contribution in [0.15, 0.2) is 29.0 Å². The molecule has 1 heterocycles. The van der Waals surface area contributed by atoms with Crippen molar-refractivity contribution < 1.29 is 4.79 Å². The normalized spacial score (nSPS) is 10.4. The van der Waals surface area contributed by atoms with Crippen molar-refractivity contribution in [2.75, 3.05) is 6.54 Å². The van der Waals surface area contributed by atoms with Crippen molar-refractivity contribution in [3.63, 3.8) is 0 Å². The minimum atomic E-state index is -0.124. The number of H-pyrrole nitrogens is 1. The van der Waals surface area contributed by atoms with Crippen LogP contribution in [-0.2, 0) is 6.42 Å². The van der Waals surface area contributed by atoms with Crippen LogP contribution in [0.2, 0.25) is 5.02 Å². The molecule has 1 amide bonds. The Balaban J connectivity index is 1.81. The molecule has 0 atom stereocenters. The highest BCUT2D eigenvalue weighted by molar-refractivity contribution is 9.10. The smallest absolute Gasteiger partial charge is 0.252 e. The van der Waals surface area contributed by atoms with Crippen LogP contribution in [-0.4, -0.2) is 27.6 Å². The SMILES string of the molecule is O=C(NCCCc1ncn[nH]1)c1ccc(Cl)cc1Br. The van der Waals surface area contributed by atoms with Crippen molar-refractivity contribution >= 4 is 33.4 Å². The maximum Gasteiger partial charge on any atom is 0.252 e. The number of aryl methyl sites for hydroxylation is 1. The predicted molar refractivity (Wildman–Crippen MR) is 76.2 cm³/mol. The van der Waals surface area contributed by atoms with Crippen LogP contribution in [0.5, 0.6) is 0 Å². The number of amides is 1. The molecular weight excluding hydrogens is 332 g/mol. The molecule has 19 heavy (non-hydrogen) atoms. The van der Waals surface area contributed by atoms with E-state index in [2.05, 4.69) is 36.4 Å². The monoisotopic (exact) mass is 342 g/mol. The van der Waals surface area contributed by atoms with Gasteiger partial charge in [0, 0.05) is 22.5 Å². The second-order valence-corrected chi connectivity index (χ2v) is 5.21. The van der Waals surface area contributed by atoms with Crippen LogP contribution < -0.4 is 5.32 Å². The van der Waals surface area contributed by atoms with Crippen LogP contribution in [0.3, 0.4) is 0 Å². The fourth-order valence-corrected chi connectivity index (χ4v) is 2.44. The molecule has 2 N–H and O–H groups in total. The van der Waals surface area contributed by atoms with Gasteiger partial charge in [0.1, 0.15) is 12.2 Å². The second-order valence-electron chi connectivity index (χ2n) is 3.92. The van der Waals surface area contributed by atoms with Crippen molar-refractivity contribution in [3.05, 3.63) is 45.4 Å². The summed E-state index contributed by atoms with van der Waals surface area (Å²) in [6, 6.07) is 5.08. The minimum absolute atomic E-state index is 0.124. The van der Waals surface area contributed by atoms with Crippen molar-refractivity contribution in [2.45, 2.75) is 12.8 Å². The van der Waals surface area contributed by atoms with E-state index in [9.17, 15) is 4.79 Å². The summed E-state index contributed by atoms with van der Waals surface area (Å²) in [5, 5.41) is 9.98. The number of nitrogens with one attached hydrogen (secondary N) is 2. The number of aromatic nitrogens is 3. The third kappa shape index (κ3) is 4.04. The highest BCUT2D eigenvalue weighted by Crippen LogP contribution is 2.21. The highest BCUT2D eigenvalue weighted by atomic mass is 79.9. The third-order valence-corrected chi connectivity index (χ3v) is 3.41. The number of halogens is 2. The van der Waals surface area contributed by atoms with E-state index in [4.69, 9.17) is 11.6 Å². The van der Waals surface area contributed by atoms with Gasteiger partial charge in [-0.3, -0.25) is 9.89 Å². The molecule has 2 aromatic rings. The average molecular weight is 344 g/mol. The first-order valence-corrected chi connectivity index (χ1v) is 6.91. The van der Waals surface area contributed by atoms with Crippen LogP contribution in [0.1, 0.15) is 22.6 Å². The van der Waals surface area contributed by atoms with Gasteiger partial charge in [0.2, 0.25) is 0 Å². The third-order valence-electron chi connectivity index (χ3n) is 2.52. The van der Waals surface area contributed by atoms with Gasteiger partial charge in [-0.15, -0.1) is 0 Å². The van der Waals surface area contributed by atoms with E-state index in [1.54, 1.807) is 18.2 Å². The summed E-state index contributed by atoms with van der Waals surface area (Å²) < 4.78 is 0.688. The van der Waals surface area contributed by atoms with Gasteiger partial charge >= 0.3 is 0 Å². The number of nitrogens with zero attached hydrogens (tertiary/aromatic N) is 2. The number of aromatic amines is 1. The molecular formula is C12H12BrClN4O. The molecule has 0 bridgehead atoms. The molecule has 1 aromatic heterocycles. The Morgan fingerprint density at radius 3 is 3.00 bits per heavy atom. The van der Waals surface area contributed by atoms with Crippen molar-refractivity contribution in [1.29, 1.82) is 0 Å². The van der Waals surface area contributed by atoms with E-state index >= 15 is 0 Å². The summed E-state index contributed by atoms with van der Waals surface area (Å²) in [4.78, 5) is 15.9. The Hall–Kier alpha value is -1.40. The molecule has 0 spiro atoms. The van der Waals surface area contributed by atoms with Gasteiger partial charge in [-0.25, -0.2) is 4.98 Å². The molecule has 0 aliphatic heterocycles. The zero-order chi connectivity index (χ0) is 13.7. The second kappa shape index (κ2) is 6.68. The predicted octanol–water partition coefficient (Wildman–Crippen LogP) is 2.58. The first-order valence-electron chi connectivity index (χ1n) is 5.74. The van der Waals surface area contributed by atoms with Gasteiger partial charge in [0.25, 0.3) is 5.91 Å². The topological polar surface area (TPSA) is 70.7 Å². The molecule has 0 fully saturated rings. The van der Waals surface area contributed by atoms with Crippen molar-refractivity contribution in [3.8, 4) is 0 Å². The van der Waals surface area contributed by atoms with E-state index in [1.165, 1.54) is 6.33 Å². The molecule has 2 rings (SSSR count). The molecule has 0 aliphatic rings. The number of carbonyl (C=O) groups excluding carboxylic acids is 1. The van der Waals surface area contributed by atoms with Crippen molar-refractivity contribution in [2.24, 2.45) is 0 Å². The van der Waals surface area contributed by atoms with Gasteiger partial charge in [-0.1, -0.05) is 11.6 Å². The van der Waals surface area contributed by atoms with E-state index in [0.29, 0.717) is 21.6 Å². The lowest BCUT2D eigenvalue weighted by Gasteiger charge is -2.06. The average Bonchev–Trinajstić information content (AvgIpc) is 2.87. The first kappa shape index (κ1) is 14.0. The molecule has 0 saturated carbocycles. The van der Waals surface area contributed by atoms with Gasteiger partial charge in [-0.05, 0) is 40.5 Å². The molecule has 7 heteroatoms. The zero-order valence-electron chi connectivity index (χ0n) is 9.99. The Morgan fingerprint density at radius 1 is 1.47 bits per heavy atom. The van der Waals surface area contributed by atoms with E-state index < -0.39 is 0 Å². The summed E-state index contributed by atoms with van der Waals surface area (Å²) in [7, 11) is 0. The summed E-state index contributed by atoms with van der Waals surface area (Å²) >= 11 is 9.15. The van der Waals surface area contributed by atoms with Crippen LogP contribution in [0.4, 0.5) is 0 Å². The lowest BCUT2D eigenvalue weighted by Crippen LogP contribution is -2.25. The van der Waals surface area contributed by atoms with E-state index in [1.807, 2.05) is 0 Å². The maximum atomic E-state index is 11.9. The molecule has 0 unspecified atom stereocenters. The Bertz CT molecular complexity index is 559. The fourth-order valence-electron chi connectivity index (χ4n) is 1.58. The van der Waals surface area contributed by atoms with Gasteiger partial charge < -0.3 is 5.32 Å². The quantitative estimate of drug-likeness (QED) is 0.820. The summed E-state index contributed by atoms with van der Waals surface area (Å²) in [5.41, 5.74) is 0.573. The van der Waals surface area contributed by atoms with E-state index in [0.717, 1.165) is 18.7 Å². The number of benzene rings is 1. The van der Waals surface area contributed by atoms with Crippen molar-refractivity contribution in [1.82, 2.24) is 20.5 Å². The molecule has 0 aliphatic carbocycles. The summed E-state index contributed by atoms with van der Waals surface area (Å²) in [5.74, 6) is 0.697. The van der Waals surface area contributed by atoms with E-state index in [-0.39, 0.29) is 5.91 Å². The van der Waals surface area contributed by atoms with Gasteiger partial charge in [0.05, 0.1) is 5.56 Å². The van der Waals surface area contributed by atoms with Crippen LogP contribution in [0, 0.1) is 0 Å². The largest absolute Gasteiger partial charge is 0.352 e. The van der Waals surface area contributed by atoms with Crippen LogP contribution >= 0.6 is 27.5 Å². The number of hydrogen-bond acceptors (Lipinski definition) is 3. The maximum absolute atomic E-state index is 11.9. The molecule has 1 aromatic carbocycles. The van der Waals surface area contributed by atoms with Gasteiger partial charge in [0.15, 0.2) is 0 Å². The highest BCUT2D eigenvalue weighted by Gasteiger charge is 2.09. The Morgan fingerprint density at radius 2 is 2.32 bits per heavy atom. The molecule has 0 radical (unpaired) electrons. The molecule has 100 valence electrons. The molecule has 5 nitrogen and oxygen atoms in total. The number of rotatable bonds is 5. The lowest BCUT2D eigenvalue weighted by atomic mass is 10.2. The molecule has 0 saturated heterocycles. The standard InChI is InChI=1S/C12H12BrClN4O/c13-10-6-8(14)3-4-9(10)12(19)15-5-1-2-11-16-7-17-18-11/h3-4,6-7H,1-2,5H2,(H,15,19)(H,16,17,18). The fraction of sp³-hybridized carbons (Fsp3) is 0.250. The van der Waals surface area contributed by atoms with Crippen LogP contribution in [0.25, 0.3) is 0 Å². The number of carbonyl (C=O) groups is 1. The minimum Gasteiger partial charge on any atom is -0.352 e. The zero-order valence-corrected chi connectivity index (χ0v) is 12.3. The Labute approximate surface area is 123 Å². The number of hydrogen-bond donors (Lipinski definition) is 2. The first-order chi connectivity index (χ1) is 9.16. The van der Waals surface area contributed by atoms with Gasteiger partial charge in [-0.2, -0.15) is 5.10 Å².